The molecule has 2 heterocycles. The van der Waals surface area contributed by atoms with Crippen molar-refractivity contribution in [2.45, 2.75) is 6.92 Å². The van der Waals surface area contributed by atoms with E-state index in [0.717, 1.165) is 15.6 Å². The van der Waals surface area contributed by atoms with E-state index in [1.165, 1.54) is 0 Å². The van der Waals surface area contributed by atoms with Crippen molar-refractivity contribution in [1.29, 1.82) is 0 Å². The summed E-state index contributed by atoms with van der Waals surface area (Å²) in [6, 6.07) is 7.34. The molecule has 0 aliphatic carbocycles. The molecule has 1 aromatic carbocycles. The van der Waals surface area contributed by atoms with Crippen molar-refractivity contribution >= 4 is 38.5 Å². The fourth-order valence-corrected chi connectivity index (χ4v) is 2.12. The van der Waals surface area contributed by atoms with Crippen molar-refractivity contribution in [3.05, 3.63) is 46.4 Å². The minimum atomic E-state index is -0.295. The molecule has 3 rings (SSSR count). The molecule has 96 valence electrons. The van der Waals surface area contributed by atoms with Crippen LogP contribution in [0.1, 0.15) is 16.2 Å². The second kappa shape index (κ2) is 4.55. The zero-order valence-corrected chi connectivity index (χ0v) is 11.6. The summed E-state index contributed by atoms with van der Waals surface area (Å²) in [5, 5.41) is 10.2. The molecular formula is C13H10BrN3O2. The third-order valence-corrected chi connectivity index (χ3v) is 3.28. The van der Waals surface area contributed by atoms with Crippen molar-refractivity contribution in [3.63, 3.8) is 0 Å². The minimum Gasteiger partial charge on any atom is -0.451 e. The first kappa shape index (κ1) is 12.0. The SMILES string of the molecule is Cc1[nH]ncc1NC(=O)c1cc2ccc(Br)cc2o1. The molecular weight excluding hydrogens is 310 g/mol. The Labute approximate surface area is 117 Å². The molecule has 19 heavy (non-hydrogen) atoms. The van der Waals surface area contributed by atoms with E-state index in [-0.39, 0.29) is 11.7 Å². The highest BCUT2D eigenvalue weighted by Crippen LogP contribution is 2.24. The number of carbonyl (C=O) groups is 1. The average Bonchev–Trinajstić information content (AvgIpc) is 2.96. The standard InChI is InChI=1S/C13H10BrN3O2/c1-7-10(6-15-17-7)16-13(18)12-4-8-2-3-9(14)5-11(8)19-12/h2-6H,1H3,(H,15,17)(H,16,18). The lowest BCUT2D eigenvalue weighted by molar-refractivity contribution is 0.0998. The van der Waals surface area contributed by atoms with Gasteiger partial charge >= 0.3 is 0 Å². The topological polar surface area (TPSA) is 70.9 Å². The molecule has 0 saturated carbocycles. The Hall–Kier alpha value is -2.08. The quantitative estimate of drug-likeness (QED) is 0.759. The monoisotopic (exact) mass is 319 g/mol. The van der Waals surface area contributed by atoms with E-state index in [9.17, 15) is 4.79 Å². The lowest BCUT2D eigenvalue weighted by atomic mass is 10.2. The number of nitrogens with zero attached hydrogens (tertiary/aromatic N) is 1. The second-order valence-electron chi connectivity index (χ2n) is 4.16. The van der Waals surface area contributed by atoms with Gasteiger partial charge in [0.2, 0.25) is 0 Å². The largest absolute Gasteiger partial charge is 0.451 e. The van der Waals surface area contributed by atoms with Gasteiger partial charge in [-0.05, 0) is 31.2 Å². The lowest BCUT2D eigenvalue weighted by Gasteiger charge is -1.99. The Kier molecular flexibility index (Phi) is 2.87. The van der Waals surface area contributed by atoms with Gasteiger partial charge in [-0.1, -0.05) is 15.9 Å². The predicted octanol–water partition coefficient (Wildman–Crippen LogP) is 3.48. The van der Waals surface area contributed by atoms with E-state index in [1.807, 2.05) is 25.1 Å². The predicted molar refractivity (Wildman–Crippen MR) is 75.2 cm³/mol. The summed E-state index contributed by atoms with van der Waals surface area (Å²) >= 11 is 3.36. The highest BCUT2D eigenvalue weighted by Gasteiger charge is 2.14. The summed E-state index contributed by atoms with van der Waals surface area (Å²) < 4.78 is 6.44. The van der Waals surface area contributed by atoms with Crippen molar-refractivity contribution in [3.8, 4) is 0 Å². The van der Waals surface area contributed by atoms with Gasteiger partial charge < -0.3 is 9.73 Å². The lowest BCUT2D eigenvalue weighted by Crippen LogP contribution is -2.10. The molecule has 6 heteroatoms. The summed E-state index contributed by atoms with van der Waals surface area (Å²) in [7, 11) is 0. The summed E-state index contributed by atoms with van der Waals surface area (Å²) in [5.74, 6) is -0.0227. The van der Waals surface area contributed by atoms with E-state index in [0.29, 0.717) is 11.3 Å². The van der Waals surface area contributed by atoms with Gasteiger partial charge in [0, 0.05) is 9.86 Å². The Morgan fingerprint density at radius 3 is 3.00 bits per heavy atom. The number of rotatable bonds is 2. The van der Waals surface area contributed by atoms with Crippen LogP contribution in [0.25, 0.3) is 11.0 Å². The molecule has 0 radical (unpaired) electrons. The van der Waals surface area contributed by atoms with Crippen molar-refractivity contribution < 1.29 is 9.21 Å². The molecule has 0 spiro atoms. The van der Waals surface area contributed by atoms with E-state index >= 15 is 0 Å². The summed E-state index contributed by atoms with van der Waals surface area (Å²) in [4.78, 5) is 12.1. The number of fused-ring (bicyclic) bond motifs is 1. The first-order valence-electron chi connectivity index (χ1n) is 5.64. The number of amides is 1. The molecule has 0 atom stereocenters. The molecule has 0 aliphatic heterocycles. The number of nitrogens with one attached hydrogen (secondary N) is 2. The number of anilines is 1. The van der Waals surface area contributed by atoms with Gasteiger partial charge in [0.05, 0.1) is 17.6 Å². The molecule has 3 aromatic rings. The number of aryl methyl sites for hydroxylation is 1. The van der Waals surface area contributed by atoms with Crippen molar-refractivity contribution in [2.75, 3.05) is 5.32 Å². The molecule has 1 amide bonds. The molecule has 0 unspecified atom stereocenters. The minimum absolute atomic E-state index is 0.272. The van der Waals surface area contributed by atoms with Crippen LogP contribution in [0, 0.1) is 6.92 Å². The zero-order valence-electron chi connectivity index (χ0n) is 10.0. The Balaban J connectivity index is 1.91. The Morgan fingerprint density at radius 1 is 1.42 bits per heavy atom. The number of benzene rings is 1. The molecule has 0 fully saturated rings. The molecule has 0 aliphatic rings. The van der Waals surface area contributed by atoms with Gasteiger partial charge in [-0.3, -0.25) is 9.89 Å². The van der Waals surface area contributed by atoms with Crippen LogP contribution in [-0.4, -0.2) is 16.1 Å². The van der Waals surface area contributed by atoms with Crippen molar-refractivity contribution in [2.24, 2.45) is 0 Å². The smallest absolute Gasteiger partial charge is 0.291 e. The molecule has 5 nitrogen and oxygen atoms in total. The number of hydrogen-bond acceptors (Lipinski definition) is 3. The van der Waals surface area contributed by atoms with Gasteiger partial charge in [0.25, 0.3) is 5.91 Å². The fraction of sp³-hybridized carbons (Fsp3) is 0.0769. The third kappa shape index (κ3) is 2.26. The van der Waals surface area contributed by atoms with Crippen LogP contribution in [0.5, 0.6) is 0 Å². The molecule has 0 saturated heterocycles. The highest BCUT2D eigenvalue weighted by molar-refractivity contribution is 9.10. The maximum absolute atomic E-state index is 12.1. The zero-order chi connectivity index (χ0) is 13.4. The first-order chi connectivity index (χ1) is 9.13. The number of hydrogen-bond donors (Lipinski definition) is 2. The van der Waals surface area contributed by atoms with E-state index in [4.69, 9.17) is 4.42 Å². The number of furan rings is 1. The number of carbonyl (C=O) groups excluding carboxylic acids is 1. The van der Waals surface area contributed by atoms with Gasteiger partial charge in [-0.15, -0.1) is 0 Å². The van der Waals surface area contributed by atoms with Crippen LogP contribution in [0.15, 0.2) is 39.4 Å². The van der Waals surface area contributed by atoms with E-state index in [2.05, 4.69) is 31.4 Å². The molecule has 0 bridgehead atoms. The number of H-pyrrole nitrogens is 1. The van der Waals surface area contributed by atoms with Crippen LogP contribution in [0.4, 0.5) is 5.69 Å². The van der Waals surface area contributed by atoms with Gasteiger partial charge in [0.1, 0.15) is 5.58 Å². The number of halogens is 1. The maximum atomic E-state index is 12.1. The second-order valence-corrected chi connectivity index (χ2v) is 5.07. The molecule has 2 N–H and O–H groups in total. The van der Waals surface area contributed by atoms with Crippen LogP contribution in [-0.2, 0) is 0 Å². The first-order valence-corrected chi connectivity index (χ1v) is 6.43. The van der Waals surface area contributed by atoms with Crippen molar-refractivity contribution in [1.82, 2.24) is 10.2 Å². The van der Waals surface area contributed by atoms with E-state index < -0.39 is 0 Å². The van der Waals surface area contributed by atoms with Crippen LogP contribution >= 0.6 is 15.9 Å². The van der Waals surface area contributed by atoms with Gasteiger partial charge in [0.15, 0.2) is 5.76 Å². The van der Waals surface area contributed by atoms with Crippen LogP contribution < -0.4 is 5.32 Å². The summed E-state index contributed by atoms with van der Waals surface area (Å²) in [6.45, 7) is 1.83. The fourth-order valence-electron chi connectivity index (χ4n) is 1.78. The van der Waals surface area contributed by atoms with Gasteiger partial charge in [-0.25, -0.2) is 0 Å². The Morgan fingerprint density at radius 2 is 2.26 bits per heavy atom. The van der Waals surface area contributed by atoms with Crippen LogP contribution in [0.3, 0.4) is 0 Å². The highest BCUT2D eigenvalue weighted by atomic mass is 79.9. The van der Waals surface area contributed by atoms with E-state index in [1.54, 1.807) is 12.3 Å². The number of aromatic nitrogens is 2. The number of aromatic amines is 1. The Bertz CT molecular complexity index is 760. The maximum Gasteiger partial charge on any atom is 0.291 e. The normalized spacial score (nSPS) is 10.8. The summed E-state index contributed by atoms with van der Waals surface area (Å²) in [6.07, 6.45) is 1.56. The van der Waals surface area contributed by atoms with Gasteiger partial charge in [-0.2, -0.15) is 5.10 Å². The third-order valence-electron chi connectivity index (χ3n) is 2.78. The average molecular weight is 320 g/mol. The summed E-state index contributed by atoms with van der Waals surface area (Å²) in [5.41, 5.74) is 2.11. The molecule has 2 aromatic heterocycles. The van der Waals surface area contributed by atoms with Crippen LogP contribution in [0.2, 0.25) is 0 Å².